The van der Waals surface area contributed by atoms with E-state index in [0.29, 0.717) is 11.6 Å². The van der Waals surface area contributed by atoms with Crippen LogP contribution in [0.4, 0.5) is 0 Å². The van der Waals surface area contributed by atoms with Crippen molar-refractivity contribution >= 4 is 29.3 Å². The van der Waals surface area contributed by atoms with Gasteiger partial charge in [0.05, 0.1) is 12.0 Å². The Morgan fingerprint density at radius 1 is 1.36 bits per heavy atom. The Bertz CT molecular complexity index is 760. The molecule has 1 aromatic carbocycles. The number of rotatable bonds is 4. The van der Waals surface area contributed by atoms with Crippen molar-refractivity contribution in [3.63, 3.8) is 0 Å². The van der Waals surface area contributed by atoms with Gasteiger partial charge < -0.3 is 9.47 Å². The number of methoxy groups -OCH3 is 1. The first kappa shape index (κ1) is 14.5. The minimum Gasteiger partial charge on any atom is -0.496 e. The number of cyclic esters (lactones) is 1. The second kappa shape index (κ2) is 6.15. The maximum atomic E-state index is 12.0. The molecule has 0 atom stereocenters. The second-order valence-corrected chi connectivity index (χ2v) is 5.69. The zero-order valence-electron chi connectivity index (χ0n) is 12.3. The number of benzene rings is 1. The molecule has 0 saturated heterocycles. The van der Waals surface area contributed by atoms with Crippen LogP contribution in [0.2, 0.25) is 0 Å². The Kier molecular flexibility index (Phi) is 4.06. The van der Waals surface area contributed by atoms with Gasteiger partial charge in [-0.05, 0) is 41.6 Å². The summed E-state index contributed by atoms with van der Waals surface area (Å²) >= 11 is 1.48. The highest BCUT2D eigenvalue weighted by Gasteiger charge is 2.25. The highest BCUT2D eigenvalue weighted by Crippen LogP contribution is 2.26. The molecule has 112 valence electrons. The second-order valence-electron chi connectivity index (χ2n) is 4.74. The predicted molar refractivity (Wildman–Crippen MR) is 87.3 cm³/mol. The van der Waals surface area contributed by atoms with Crippen LogP contribution in [0.15, 0.2) is 46.4 Å². The molecule has 4 nitrogen and oxygen atoms in total. The van der Waals surface area contributed by atoms with E-state index in [1.807, 2.05) is 35.7 Å². The summed E-state index contributed by atoms with van der Waals surface area (Å²) in [5.74, 6) is 0.626. The molecule has 1 aliphatic heterocycles. The molecule has 0 radical (unpaired) electrons. The smallest absolute Gasteiger partial charge is 0.363 e. The number of thiophene rings is 1. The number of carbonyl (C=O) groups excluding carboxylic acids is 1. The lowest BCUT2D eigenvalue weighted by Crippen LogP contribution is -2.03. The van der Waals surface area contributed by atoms with Gasteiger partial charge in [0.15, 0.2) is 5.70 Å². The minimum absolute atomic E-state index is 0.287. The summed E-state index contributed by atoms with van der Waals surface area (Å²) < 4.78 is 10.6. The molecule has 0 aliphatic carbocycles. The van der Waals surface area contributed by atoms with Gasteiger partial charge in [0, 0.05) is 5.56 Å². The minimum atomic E-state index is -0.438. The van der Waals surface area contributed by atoms with Crippen LogP contribution in [0, 0.1) is 0 Å². The summed E-state index contributed by atoms with van der Waals surface area (Å²) in [4.78, 5) is 17.1. The molecule has 1 aliphatic rings. The van der Waals surface area contributed by atoms with Gasteiger partial charge in [0.2, 0.25) is 5.90 Å². The van der Waals surface area contributed by atoms with Crippen LogP contribution in [-0.2, 0) is 16.0 Å². The van der Waals surface area contributed by atoms with Crippen molar-refractivity contribution in [2.75, 3.05) is 7.11 Å². The quantitative estimate of drug-likeness (QED) is 0.639. The van der Waals surface area contributed by atoms with E-state index in [9.17, 15) is 4.79 Å². The summed E-state index contributed by atoms with van der Waals surface area (Å²) in [6, 6.07) is 9.67. The first-order valence-corrected chi connectivity index (χ1v) is 7.82. The summed E-state index contributed by atoms with van der Waals surface area (Å²) in [6.07, 6.45) is 2.62. The van der Waals surface area contributed by atoms with Crippen LogP contribution in [0.25, 0.3) is 6.08 Å². The van der Waals surface area contributed by atoms with E-state index in [4.69, 9.17) is 9.47 Å². The topological polar surface area (TPSA) is 47.9 Å². The highest BCUT2D eigenvalue weighted by atomic mass is 32.1. The van der Waals surface area contributed by atoms with Gasteiger partial charge >= 0.3 is 5.97 Å². The van der Waals surface area contributed by atoms with Crippen LogP contribution in [-0.4, -0.2) is 19.0 Å². The molecule has 2 heterocycles. The standard InChI is InChI=1S/C17H15NO3S/c1-3-11-6-7-14(20-2)12(9-11)10-13-17(19)21-16(18-13)15-5-4-8-22-15/h4-10H,3H2,1-2H3/b13-10+. The number of ether oxygens (including phenoxy) is 2. The average molecular weight is 313 g/mol. The van der Waals surface area contributed by atoms with Gasteiger partial charge in [-0.1, -0.05) is 19.1 Å². The zero-order chi connectivity index (χ0) is 15.5. The number of hydrogen-bond donors (Lipinski definition) is 0. The number of carbonyl (C=O) groups is 1. The number of nitrogens with zero attached hydrogens (tertiary/aromatic N) is 1. The largest absolute Gasteiger partial charge is 0.496 e. The first-order valence-electron chi connectivity index (χ1n) is 6.94. The third kappa shape index (κ3) is 2.80. The molecule has 0 fully saturated rings. The van der Waals surface area contributed by atoms with Crippen molar-refractivity contribution in [2.24, 2.45) is 4.99 Å². The van der Waals surface area contributed by atoms with E-state index in [1.165, 1.54) is 16.9 Å². The van der Waals surface area contributed by atoms with Crippen molar-refractivity contribution in [1.82, 2.24) is 0 Å². The Morgan fingerprint density at radius 2 is 2.23 bits per heavy atom. The lowest BCUT2D eigenvalue weighted by Gasteiger charge is -2.06. The lowest BCUT2D eigenvalue weighted by atomic mass is 10.1. The fraction of sp³-hybridized carbons (Fsp3) is 0.176. The molecule has 0 saturated carbocycles. The maximum absolute atomic E-state index is 12.0. The highest BCUT2D eigenvalue weighted by molar-refractivity contribution is 7.12. The van der Waals surface area contributed by atoms with Gasteiger partial charge in [-0.2, -0.15) is 0 Å². The SMILES string of the molecule is CCc1ccc(OC)c(/C=C2/N=C(c3cccs3)OC2=O)c1. The first-order chi connectivity index (χ1) is 10.7. The molecule has 1 aromatic heterocycles. The van der Waals surface area contributed by atoms with Crippen molar-refractivity contribution in [1.29, 1.82) is 0 Å². The van der Waals surface area contributed by atoms with Crippen molar-refractivity contribution in [3.05, 3.63) is 57.4 Å². The summed E-state index contributed by atoms with van der Waals surface area (Å²) in [7, 11) is 1.61. The van der Waals surface area contributed by atoms with E-state index >= 15 is 0 Å². The van der Waals surface area contributed by atoms with Gasteiger partial charge in [-0.3, -0.25) is 0 Å². The van der Waals surface area contributed by atoms with E-state index in [1.54, 1.807) is 13.2 Å². The third-order valence-electron chi connectivity index (χ3n) is 3.35. The van der Waals surface area contributed by atoms with Crippen molar-refractivity contribution < 1.29 is 14.3 Å². The summed E-state index contributed by atoms with van der Waals surface area (Å²) in [6.45, 7) is 2.08. The Labute approximate surface area is 132 Å². The zero-order valence-corrected chi connectivity index (χ0v) is 13.1. The molecular formula is C17H15NO3S. The predicted octanol–water partition coefficient (Wildman–Crippen LogP) is 3.66. The van der Waals surface area contributed by atoms with Gasteiger partial charge in [-0.15, -0.1) is 11.3 Å². The molecule has 0 bridgehead atoms. The van der Waals surface area contributed by atoms with Crippen LogP contribution < -0.4 is 4.74 Å². The molecule has 0 unspecified atom stereocenters. The van der Waals surface area contributed by atoms with Crippen molar-refractivity contribution in [2.45, 2.75) is 13.3 Å². The number of aliphatic imine (C=N–C) groups is 1. The van der Waals surface area contributed by atoms with Gasteiger partial charge in [-0.25, -0.2) is 9.79 Å². The van der Waals surface area contributed by atoms with Crippen LogP contribution in [0.5, 0.6) is 5.75 Å². The molecule has 0 spiro atoms. The van der Waals surface area contributed by atoms with Crippen LogP contribution in [0.1, 0.15) is 22.9 Å². The molecule has 22 heavy (non-hydrogen) atoms. The monoisotopic (exact) mass is 313 g/mol. The molecular weight excluding hydrogens is 298 g/mol. The molecule has 5 heteroatoms. The summed E-state index contributed by atoms with van der Waals surface area (Å²) in [5.41, 5.74) is 2.28. The molecule has 0 amide bonds. The van der Waals surface area contributed by atoms with Crippen LogP contribution in [0.3, 0.4) is 0 Å². The number of hydrogen-bond acceptors (Lipinski definition) is 5. The van der Waals surface area contributed by atoms with E-state index in [-0.39, 0.29) is 5.70 Å². The number of esters is 1. The Balaban J connectivity index is 1.99. The summed E-state index contributed by atoms with van der Waals surface area (Å²) in [5, 5.41) is 1.92. The van der Waals surface area contributed by atoms with E-state index < -0.39 is 5.97 Å². The molecule has 3 rings (SSSR count). The van der Waals surface area contributed by atoms with Gasteiger partial charge in [0.1, 0.15) is 5.75 Å². The molecule has 0 N–H and O–H groups in total. The maximum Gasteiger partial charge on any atom is 0.363 e. The molecule has 2 aromatic rings. The fourth-order valence-electron chi connectivity index (χ4n) is 2.18. The van der Waals surface area contributed by atoms with E-state index in [2.05, 4.69) is 11.9 Å². The fourth-order valence-corrected chi connectivity index (χ4v) is 2.83. The van der Waals surface area contributed by atoms with E-state index in [0.717, 1.165) is 16.9 Å². The number of aryl methyl sites for hydroxylation is 1. The van der Waals surface area contributed by atoms with Crippen LogP contribution >= 0.6 is 11.3 Å². The van der Waals surface area contributed by atoms with Gasteiger partial charge in [0.25, 0.3) is 0 Å². The lowest BCUT2D eigenvalue weighted by molar-refractivity contribution is -0.129. The normalized spacial score (nSPS) is 15.8. The third-order valence-corrected chi connectivity index (χ3v) is 4.20. The average Bonchev–Trinajstić information content (AvgIpc) is 3.17. The Hall–Kier alpha value is -2.40. The Morgan fingerprint density at radius 3 is 2.91 bits per heavy atom. The van der Waals surface area contributed by atoms with Crippen molar-refractivity contribution in [3.8, 4) is 5.75 Å².